The molecule has 140 valence electrons. The molecule has 0 amide bonds. The van der Waals surface area contributed by atoms with Crippen LogP contribution in [0.25, 0.3) is 0 Å². The van der Waals surface area contributed by atoms with Gasteiger partial charge < -0.3 is 4.90 Å². The smallest absolute Gasteiger partial charge is 0.241 e. The maximum absolute atomic E-state index is 12.9. The van der Waals surface area contributed by atoms with Crippen molar-refractivity contribution in [1.82, 2.24) is 9.71 Å². The van der Waals surface area contributed by atoms with Crippen LogP contribution in [0.2, 0.25) is 0 Å². The van der Waals surface area contributed by atoms with Gasteiger partial charge in [-0.1, -0.05) is 12.1 Å². The Bertz CT molecular complexity index is 873. The van der Waals surface area contributed by atoms with Gasteiger partial charge in [-0.25, -0.2) is 18.1 Å². The second kappa shape index (κ2) is 7.37. The van der Waals surface area contributed by atoms with Crippen molar-refractivity contribution in [2.24, 2.45) is 0 Å². The number of anilines is 1. The van der Waals surface area contributed by atoms with E-state index in [-0.39, 0.29) is 6.54 Å². The number of sulfonamides is 1. The fraction of sp³-hybridized carbons (Fsp3) is 0.450. The first-order valence-electron chi connectivity index (χ1n) is 9.06. The standard InChI is InChI=1S/C20H27N3O2S/c1-14-11-15(2)17(4)20(16(14)3)26(24,25)22-13-18-7-8-19(21-12-18)23-9-5-6-10-23/h7-8,11-12,22H,5-6,9-10,13H2,1-4H3. The van der Waals surface area contributed by atoms with Crippen LogP contribution >= 0.6 is 0 Å². The molecule has 0 saturated carbocycles. The number of hydrogen-bond acceptors (Lipinski definition) is 4. The molecule has 0 unspecified atom stereocenters. The molecule has 26 heavy (non-hydrogen) atoms. The molecule has 3 rings (SSSR count). The monoisotopic (exact) mass is 373 g/mol. The fourth-order valence-corrected chi connectivity index (χ4v) is 5.12. The summed E-state index contributed by atoms with van der Waals surface area (Å²) in [5.74, 6) is 0.968. The zero-order valence-corrected chi connectivity index (χ0v) is 16.8. The van der Waals surface area contributed by atoms with Gasteiger partial charge in [0.15, 0.2) is 0 Å². The number of pyridine rings is 1. The second-order valence-corrected chi connectivity index (χ2v) is 8.84. The van der Waals surface area contributed by atoms with Gasteiger partial charge in [0, 0.05) is 25.8 Å². The van der Waals surface area contributed by atoms with Crippen LogP contribution in [0.1, 0.15) is 40.7 Å². The highest BCUT2D eigenvalue weighted by Crippen LogP contribution is 2.26. The lowest BCUT2D eigenvalue weighted by Gasteiger charge is -2.17. The van der Waals surface area contributed by atoms with Gasteiger partial charge >= 0.3 is 0 Å². The van der Waals surface area contributed by atoms with Crippen molar-refractivity contribution in [2.45, 2.75) is 52.0 Å². The van der Waals surface area contributed by atoms with Gasteiger partial charge in [-0.15, -0.1) is 0 Å². The Balaban J connectivity index is 1.77. The van der Waals surface area contributed by atoms with E-state index in [4.69, 9.17) is 0 Å². The maximum Gasteiger partial charge on any atom is 0.241 e. The third kappa shape index (κ3) is 3.76. The Morgan fingerprint density at radius 1 is 1.04 bits per heavy atom. The summed E-state index contributed by atoms with van der Waals surface area (Å²) in [6.07, 6.45) is 4.17. The van der Waals surface area contributed by atoms with Crippen LogP contribution in [0.3, 0.4) is 0 Å². The van der Waals surface area contributed by atoms with Crippen LogP contribution in [0.15, 0.2) is 29.3 Å². The molecule has 1 N–H and O–H groups in total. The quantitative estimate of drug-likeness (QED) is 0.873. The third-order valence-electron chi connectivity index (χ3n) is 5.27. The SMILES string of the molecule is Cc1cc(C)c(C)c(S(=O)(=O)NCc2ccc(N3CCCC3)nc2)c1C. The van der Waals surface area contributed by atoms with Crippen LogP contribution in [-0.2, 0) is 16.6 Å². The summed E-state index contributed by atoms with van der Waals surface area (Å²) in [5.41, 5.74) is 4.46. The lowest BCUT2D eigenvalue weighted by Crippen LogP contribution is -2.25. The van der Waals surface area contributed by atoms with Crippen molar-refractivity contribution in [3.8, 4) is 0 Å². The van der Waals surface area contributed by atoms with Crippen LogP contribution in [0.5, 0.6) is 0 Å². The summed E-state index contributed by atoms with van der Waals surface area (Å²) < 4.78 is 28.5. The number of nitrogens with one attached hydrogen (secondary N) is 1. The summed E-state index contributed by atoms with van der Waals surface area (Å²) in [5, 5.41) is 0. The average molecular weight is 374 g/mol. The van der Waals surface area contributed by atoms with Crippen molar-refractivity contribution in [3.05, 3.63) is 52.2 Å². The Hall–Kier alpha value is -1.92. The average Bonchev–Trinajstić information content (AvgIpc) is 3.13. The molecule has 0 bridgehead atoms. The van der Waals surface area contributed by atoms with Crippen LogP contribution < -0.4 is 9.62 Å². The highest BCUT2D eigenvalue weighted by atomic mass is 32.2. The molecule has 0 atom stereocenters. The van der Waals surface area contributed by atoms with E-state index in [9.17, 15) is 8.42 Å². The number of rotatable bonds is 5. The zero-order valence-electron chi connectivity index (χ0n) is 16.0. The molecule has 0 radical (unpaired) electrons. The molecule has 2 aromatic rings. The summed E-state index contributed by atoms with van der Waals surface area (Å²) in [7, 11) is -3.58. The molecule has 1 aromatic carbocycles. The fourth-order valence-electron chi connectivity index (χ4n) is 3.49. The molecule has 1 fully saturated rings. The number of hydrogen-bond donors (Lipinski definition) is 1. The first-order valence-corrected chi connectivity index (χ1v) is 10.5. The number of nitrogens with zero attached hydrogens (tertiary/aromatic N) is 2. The van der Waals surface area contributed by atoms with Crippen molar-refractivity contribution in [1.29, 1.82) is 0 Å². The largest absolute Gasteiger partial charge is 0.357 e. The van der Waals surface area contributed by atoms with Crippen LogP contribution in [0.4, 0.5) is 5.82 Å². The number of benzene rings is 1. The number of aryl methyl sites for hydroxylation is 2. The van der Waals surface area contributed by atoms with Gasteiger partial charge in [-0.3, -0.25) is 0 Å². The molecule has 1 aliphatic heterocycles. The van der Waals surface area contributed by atoms with E-state index in [1.165, 1.54) is 12.8 Å². The van der Waals surface area contributed by atoms with Gasteiger partial charge in [0.25, 0.3) is 0 Å². The molecule has 2 heterocycles. The van der Waals surface area contributed by atoms with Gasteiger partial charge in [-0.05, 0) is 74.4 Å². The van der Waals surface area contributed by atoms with E-state index in [1.54, 1.807) is 6.20 Å². The molecule has 0 spiro atoms. The molecular formula is C20H27N3O2S. The third-order valence-corrected chi connectivity index (χ3v) is 6.95. The van der Waals surface area contributed by atoms with Gasteiger partial charge in [0.2, 0.25) is 10.0 Å². The Morgan fingerprint density at radius 3 is 2.19 bits per heavy atom. The lowest BCUT2D eigenvalue weighted by atomic mass is 10.0. The topological polar surface area (TPSA) is 62.3 Å². The van der Waals surface area contributed by atoms with E-state index in [2.05, 4.69) is 14.6 Å². The second-order valence-electron chi connectivity index (χ2n) is 7.13. The van der Waals surface area contributed by atoms with E-state index in [0.29, 0.717) is 4.90 Å². The zero-order chi connectivity index (χ0) is 18.9. The first-order chi connectivity index (χ1) is 12.3. The molecule has 5 nitrogen and oxygen atoms in total. The molecule has 1 saturated heterocycles. The Labute approximate surface area is 156 Å². The number of aromatic nitrogens is 1. The van der Waals surface area contributed by atoms with E-state index in [0.717, 1.165) is 46.7 Å². The van der Waals surface area contributed by atoms with E-state index >= 15 is 0 Å². The minimum absolute atomic E-state index is 0.238. The van der Waals surface area contributed by atoms with Crippen molar-refractivity contribution >= 4 is 15.8 Å². The minimum Gasteiger partial charge on any atom is -0.357 e. The highest BCUT2D eigenvalue weighted by Gasteiger charge is 2.22. The van der Waals surface area contributed by atoms with E-state index in [1.807, 2.05) is 45.9 Å². The molecule has 6 heteroatoms. The minimum atomic E-state index is -3.58. The van der Waals surface area contributed by atoms with Crippen LogP contribution in [-0.4, -0.2) is 26.5 Å². The molecule has 0 aliphatic carbocycles. The summed E-state index contributed by atoms with van der Waals surface area (Å²) in [4.78, 5) is 7.15. The summed E-state index contributed by atoms with van der Waals surface area (Å²) >= 11 is 0. The Morgan fingerprint density at radius 2 is 1.65 bits per heavy atom. The van der Waals surface area contributed by atoms with Gasteiger partial charge in [0.1, 0.15) is 5.82 Å². The van der Waals surface area contributed by atoms with Crippen LogP contribution in [0, 0.1) is 27.7 Å². The summed E-state index contributed by atoms with van der Waals surface area (Å²) in [6.45, 7) is 9.95. The van der Waals surface area contributed by atoms with Crippen molar-refractivity contribution in [3.63, 3.8) is 0 Å². The maximum atomic E-state index is 12.9. The summed E-state index contributed by atoms with van der Waals surface area (Å²) in [6, 6.07) is 5.96. The Kier molecular flexibility index (Phi) is 5.34. The lowest BCUT2D eigenvalue weighted by molar-refractivity contribution is 0.579. The van der Waals surface area contributed by atoms with Crippen molar-refractivity contribution < 1.29 is 8.42 Å². The highest BCUT2D eigenvalue weighted by molar-refractivity contribution is 7.89. The first kappa shape index (κ1) is 18.9. The predicted molar refractivity (Wildman–Crippen MR) is 105 cm³/mol. The molecule has 1 aliphatic rings. The molecular weight excluding hydrogens is 346 g/mol. The molecule has 1 aromatic heterocycles. The normalized spacial score (nSPS) is 14.8. The predicted octanol–water partition coefficient (Wildman–Crippen LogP) is 3.39. The van der Waals surface area contributed by atoms with Crippen molar-refractivity contribution in [2.75, 3.05) is 18.0 Å². The van der Waals surface area contributed by atoms with E-state index < -0.39 is 10.0 Å². The van der Waals surface area contributed by atoms with Gasteiger partial charge in [-0.2, -0.15) is 0 Å². The van der Waals surface area contributed by atoms with Gasteiger partial charge in [0.05, 0.1) is 4.90 Å².